The van der Waals surface area contributed by atoms with Crippen LogP contribution in [0.15, 0.2) is 87.2 Å². The molecule has 0 unspecified atom stereocenters. The molecule has 0 aromatic heterocycles. The third-order valence-corrected chi connectivity index (χ3v) is 3.84. The lowest BCUT2D eigenvalue weighted by Crippen LogP contribution is -1.85. The molecule has 5 heteroatoms. The van der Waals surface area contributed by atoms with E-state index in [2.05, 4.69) is 20.5 Å². The molecule has 0 saturated carbocycles. The van der Waals surface area contributed by atoms with Gasteiger partial charge in [0.15, 0.2) is 0 Å². The molecule has 0 fully saturated rings. The summed E-state index contributed by atoms with van der Waals surface area (Å²) in [5, 5.41) is 17.0. The van der Waals surface area contributed by atoms with Crippen LogP contribution in [0.1, 0.15) is 11.1 Å². The summed E-state index contributed by atoms with van der Waals surface area (Å²) < 4.78 is 5.30. The molecule has 0 radical (unpaired) electrons. The number of rotatable bonds is 5. The highest BCUT2D eigenvalue weighted by Gasteiger charge is 1.99. The van der Waals surface area contributed by atoms with Crippen LogP contribution in [0.25, 0.3) is 0 Å². The summed E-state index contributed by atoms with van der Waals surface area (Å²) in [5.74, 6) is 0.799. The molecule has 3 aromatic carbocycles. The molecule has 3 rings (SSSR count). The van der Waals surface area contributed by atoms with Gasteiger partial charge in [0, 0.05) is 6.07 Å². The lowest BCUT2D eigenvalue weighted by Gasteiger charge is -2.03. The molecule has 3 aromatic rings. The zero-order valence-corrected chi connectivity index (χ0v) is 15.0. The molecular weight excluding hydrogens is 324 g/mol. The number of hydrogen-bond acceptors (Lipinski definition) is 5. The number of ether oxygens (including phenoxy) is 1. The first-order valence-corrected chi connectivity index (χ1v) is 8.29. The van der Waals surface area contributed by atoms with Crippen molar-refractivity contribution in [3.63, 3.8) is 0 Å². The summed E-state index contributed by atoms with van der Waals surface area (Å²) in [4.78, 5) is 0. The monoisotopic (exact) mass is 344 g/mol. The van der Waals surface area contributed by atoms with Gasteiger partial charge in [-0.05, 0) is 61.9 Å². The van der Waals surface area contributed by atoms with Crippen LogP contribution >= 0.6 is 0 Å². The Balaban J connectivity index is 1.68. The quantitative estimate of drug-likeness (QED) is 0.454. The predicted molar refractivity (Wildman–Crippen MR) is 104 cm³/mol. The number of azo groups is 2. The molecular formula is C21H20N4O. The zero-order valence-electron chi connectivity index (χ0n) is 15.0. The molecule has 0 N–H and O–H groups in total. The topological polar surface area (TPSA) is 58.7 Å². The second kappa shape index (κ2) is 8.16. The van der Waals surface area contributed by atoms with Gasteiger partial charge in [0.1, 0.15) is 5.75 Å². The van der Waals surface area contributed by atoms with E-state index in [1.165, 1.54) is 5.56 Å². The van der Waals surface area contributed by atoms with Crippen LogP contribution in [0.4, 0.5) is 22.7 Å². The Morgan fingerprint density at radius 1 is 0.577 bits per heavy atom. The first kappa shape index (κ1) is 17.5. The summed E-state index contributed by atoms with van der Waals surface area (Å²) in [6.07, 6.45) is 0. The van der Waals surface area contributed by atoms with Crippen LogP contribution in [-0.4, -0.2) is 7.11 Å². The minimum Gasteiger partial charge on any atom is -0.496 e. The highest BCUT2D eigenvalue weighted by Crippen LogP contribution is 2.27. The van der Waals surface area contributed by atoms with Gasteiger partial charge in [0.2, 0.25) is 0 Å². The van der Waals surface area contributed by atoms with E-state index in [0.29, 0.717) is 0 Å². The van der Waals surface area contributed by atoms with Gasteiger partial charge < -0.3 is 4.74 Å². The van der Waals surface area contributed by atoms with E-state index in [-0.39, 0.29) is 0 Å². The number of hydrogen-bond donors (Lipinski definition) is 0. The van der Waals surface area contributed by atoms with Crippen molar-refractivity contribution in [2.24, 2.45) is 20.5 Å². The van der Waals surface area contributed by atoms with Crippen molar-refractivity contribution in [1.82, 2.24) is 0 Å². The van der Waals surface area contributed by atoms with Gasteiger partial charge in [-0.25, -0.2) is 0 Å². The second-order valence-electron chi connectivity index (χ2n) is 5.91. The maximum atomic E-state index is 5.30. The molecule has 0 heterocycles. The van der Waals surface area contributed by atoms with E-state index in [4.69, 9.17) is 4.74 Å². The Morgan fingerprint density at radius 3 is 1.50 bits per heavy atom. The van der Waals surface area contributed by atoms with Crippen LogP contribution < -0.4 is 4.74 Å². The molecule has 0 aliphatic rings. The standard InChI is InChI=1S/C21H20N4O/c1-15-4-7-17(8-5-15)22-23-18-10-12-19(13-11-18)24-25-20-9-6-16(2)21(14-20)26-3/h4-14H,1-3H3. The SMILES string of the molecule is COc1cc(N=Nc2ccc(N=Nc3ccc(C)cc3)cc2)ccc1C. The summed E-state index contributed by atoms with van der Waals surface area (Å²) in [5.41, 5.74) is 5.35. The fourth-order valence-corrected chi connectivity index (χ4v) is 2.30. The van der Waals surface area contributed by atoms with Gasteiger partial charge in [-0.3, -0.25) is 0 Å². The molecule has 26 heavy (non-hydrogen) atoms. The number of methoxy groups -OCH3 is 1. The number of aryl methyl sites for hydroxylation is 2. The largest absolute Gasteiger partial charge is 0.496 e. The number of benzene rings is 3. The molecule has 0 amide bonds. The summed E-state index contributed by atoms with van der Waals surface area (Å²) in [6, 6.07) is 21.1. The Labute approximate surface area is 153 Å². The van der Waals surface area contributed by atoms with E-state index < -0.39 is 0 Å². The van der Waals surface area contributed by atoms with Crippen molar-refractivity contribution in [2.45, 2.75) is 13.8 Å². The summed E-state index contributed by atoms with van der Waals surface area (Å²) >= 11 is 0. The lowest BCUT2D eigenvalue weighted by atomic mass is 10.2. The fraction of sp³-hybridized carbons (Fsp3) is 0.143. The molecule has 0 aliphatic heterocycles. The minimum absolute atomic E-state index is 0.746. The van der Waals surface area contributed by atoms with Crippen molar-refractivity contribution >= 4 is 22.7 Å². The van der Waals surface area contributed by atoms with Gasteiger partial charge in [0.05, 0.1) is 29.9 Å². The Bertz CT molecular complexity index is 929. The highest BCUT2D eigenvalue weighted by molar-refractivity contribution is 5.50. The Kier molecular flexibility index (Phi) is 5.49. The van der Waals surface area contributed by atoms with E-state index >= 15 is 0 Å². The smallest absolute Gasteiger partial charge is 0.123 e. The first-order valence-electron chi connectivity index (χ1n) is 8.29. The van der Waals surface area contributed by atoms with E-state index in [1.54, 1.807) is 7.11 Å². The molecule has 0 saturated heterocycles. The first-order chi connectivity index (χ1) is 12.6. The lowest BCUT2D eigenvalue weighted by molar-refractivity contribution is 0.412. The third kappa shape index (κ3) is 4.60. The van der Waals surface area contributed by atoms with Crippen LogP contribution in [0.5, 0.6) is 5.75 Å². The minimum atomic E-state index is 0.746. The average Bonchev–Trinajstić information content (AvgIpc) is 2.68. The van der Waals surface area contributed by atoms with Crippen LogP contribution in [0.2, 0.25) is 0 Å². The molecule has 130 valence electrons. The summed E-state index contributed by atoms with van der Waals surface area (Å²) in [6.45, 7) is 4.03. The number of nitrogens with zero attached hydrogens (tertiary/aromatic N) is 4. The molecule has 0 atom stereocenters. The molecule has 0 spiro atoms. The molecule has 0 bridgehead atoms. The predicted octanol–water partition coefficient (Wildman–Crippen LogP) is 7.14. The van der Waals surface area contributed by atoms with E-state index in [1.807, 2.05) is 80.6 Å². The van der Waals surface area contributed by atoms with Crippen molar-refractivity contribution in [3.8, 4) is 5.75 Å². The van der Waals surface area contributed by atoms with Crippen molar-refractivity contribution in [1.29, 1.82) is 0 Å². The van der Waals surface area contributed by atoms with Gasteiger partial charge >= 0.3 is 0 Å². The average molecular weight is 344 g/mol. The van der Waals surface area contributed by atoms with Gasteiger partial charge in [0.25, 0.3) is 0 Å². The summed E-state index contributed by atoms with van der Waals surface area (Å²) in [7, 11) is 1.65. The van der Waals surface area contributed by atoms with Crippen molar-refractivity contribution in [2.75, 3.05) is 7.11 Å². The van der Waals surface area contributed by atoms with Crippen molar-refractivity contribution < 1.29 is 4.74 Å². The van der Waals surface area contributed by atoms with Crippen LogP contribution in [0.3, 0.4) is 0 Å². The van der Waals surface area contributed by atoms with E-state index in [9.17, 15) is 0 Å². The maximum Gasteiger partial charge on any atom is 0.123 e. The van der Waals surface area contributed by atoms with Gasteiger partial charge in [-0.2, -0.15) is 20.5 Å². The van der Waals surface area contributed by atoms with Crippen LogP contribution in [-0.2, 0) is 0 Å². The van der Waals surface area contributed by atoms with Gasteiger partial charge in [-0.1, -0.05) is 23.8 Å². The molecule has 0 aliphatic carbocycles. The molecule has 5 nitrogen and oxygen atoms in total. The normalized spacial score (nSPS) is 11.3. The zero-order chi connectivity index (χ0) is 18.4. The highest BCUT2D eigenvalue weighted by atomic mass is 16.5. The van der Waals surface area contributed by atoms with Crippen molar-refractivity contribution in [3.05, 3.63) is 77.9 Å². The van der Waals surface area contributed by atoms with Crippen LogP contribution in [0, 0.1) is 13.8 Å². The Hall–Kier alpha value is -3.34. The van der Waals surface area contributed by atoms with E-state index in [0.717, 1.165) is 34.1 Å². The second-order valence-corrected chi connectivity index (χ2v) is 5.91. The Morgan fingerprint density at radius 2 is 1.00 bits per heavy atom. The maximum absolute atomic E-state index is 5.30. The van der Waals surface area contributed by atoms with Gasteiger partial charge in [-0.15, -0.1) is 0 Å². The fourth-order valence-electron chi connectivity index (χ4n) is 2.30. The third-order valence-electron chi connectivity index (χ3n) is 3.84.